The van der Waals surface area contributed by atoms with Crippen molar-refractivity contribution in [2.45, 2.75) is 38.6 Å². The van der Waals surface area contributed by atoms with Crippen molar-refractivity contribution in [1.29, 1.82) is 0 Å². The first-order valence-electron chi connectivity index (χ1n) is 8.14. The molecule has 2 aromatic rings. The molecule has 0 unspecified atom stereocenters. The highest BCUT2D eigenvalue weighted by atomic mass is 16.2. The number of amides is 1. The van der Waals surface area contributed by atoms with Crippen LogP contribution >= 0.6 is 0 Å². The van der Waals surface area contributed by atoms with Crippen LogP contribution in [-0.4, -0.2) is 27.7 Å². The van der Waals surface area contributed by atoms with Crippen molar-refractivity contribution in [2.24, 2.45) is 0 Å². The first-order valence-corrected chi connectivity index (χ1v) is 8.14. The zero-order chi connectivity index (χ0) is 16.9. The molecule has 1 heterocycles. The van der Waals surface area contributed by atoms with Crippen LogP contribution in [0.4, 0.5) is 11.6 Å². The van der Waals surface area contributed by atoms with Gasteiger partial charge in [0.1, 0.15) is 5.69 Å². The molecule has 0 atom stereocenters. The lowest BCUT2D eigenvalue weighted by Gasteiger charge is -2.12. The van der Waals surface area contributed by atoms with Crippen LogP contribution in [0.15, 0.2) is 36.5 Å². The Hall–Kier alpha value is -2.76. The lowest BCUT2D eigenvalue weighted by Crippen LogP contribution is -2.33. The lowest BCUT2D eigenvalue weighted by molar-refractivity contribution is 0.0932. The van der Waals surface area contributed by atoms with Crippen LogP contribution < -0.4 is 10.6 Å². The second-order valence-electron chi connectivity index (χ2n) is 5.98. The molecule has 1 aromatic heterocycles. The molecule has 0 radical (unpaired) electrons. The maximum absolute atomic E-state index is 12.3. The summed E-state index contributed by atoms with van der Waals surface area (Å²) in [5, 5.41) is 6.06. The lowest BCUT2D eigenvalue weighted by atomic mass is 10.1. The van der Waals surface area contributed by atoms with Gasteiger partial charge in [0, 0.05) is 23.5 Å². The van der Waals surface area contributed by atoms with Crippen LogP contribution in [0, 0.1) is 0 Å². The molecule has 0 aliphatic heterocycles. The summed E-state index contributed by atoms with van der Waals surface area (Å²) in [6, 6.07) is 8.90. The van der Waals surface area contributed by atoms with Crippen LogP contribution in [0.25, 0.3) is 0 Å². The molecule has 1 aliphatic carbocycles. The molecule has 1 amide bonds. The molecule has 0 spiro atoms. The Labute approximate surface area is 140 Å². The largest absolute Gasteiger partial charge is 0.348 e. The highest BCUT2D eigenvalue weighted by Gasteiger charge is 2.18. The van der Waals surface area contributed by atoms with Crippen molar-refractivity contribution < 1.29 is 9.59 Å². The second kappa shape index (κ2) is 7.21. The van der Waals surface area contributed by atoms with Gasteiger partial charge in [0.15, 0.2) is 5.78 Å². The molecule has 124 valence electrons. The number of aromatic nitrogens is 2. The molecular formula is C18H20N4O2. The van der Waals surface area contributed by atoms with Gasteiger partial charge in [-0.05, 0) is 50.1 Å². The minimum Gasteiger partial charge on any atom is -0.348 e. The topological polar surface area (TPSA) is 84.0 Å². The standard InChI is InChI=1S/C18H20N4O2/c1-12(23)13-6-8-15(9-7-13)21-18-19-11-10-16(22-18)17(24)20-14-4-2-3-5-14/h6-11,14H,2-5H2,1H3,(H,20,24)(H,19,21,22). The van der Waals surface area contributed by atoms with Gasteiger partial charge in [-0.25, -0.2) is 9.97 Å². The average molecular weight is 324 g/mol. The molecule has 1 saturated carbocycles. The minimum atomic E-state index is -0.167. The van der Waals surface area contributed by atoms with Gasteiger partial charge in [0.2, 0.25) is 5.95 Å². The highest BCUT2D eigenvalue weighted by Crippen LogP contribution is 2.18. The number of hydrogen-bond acceptors (Lipinski definition) is 5. The van der Waals surface area contributed by atoms with Crippen LogP contribution in [0.2, 0.25) is 0 Å². The fraction of sp³-hybridized carbons (Fsp3) is 0.333. The van der Waals surface area contributed by atoms with Gasteiger partial charge in [-0.3, -0.25) is 9.59 Å². The molecule has 0 bridgehead atoms. The van der Waals surface area contributed by atoms with Crippen LogP contribution in [0.1, 0.15) is 53.5 Å². The van der Waals surface area contributed by atoms with E-state index in [9.17, 15) is 9.59 Å². The van der Waals surface area contributed by atoms with Crippen molar-refractivity contribution >= 4 is 23.3 Å². The fourth-order valence-corrected chi connectivity index (χ4v) is 2.79. The predicted molar refractivity (Wildman–Crippen MR) is 91.5 cm³/mol. The van der Waals surface area contributed by atoms with Gasteiger partial charge in [-0.15, -0.1) is 0 Å². The highest BCUT2D eigenvalue weighted by molar-refractivity contribution is 5.94. The quantitative estimate of drug-likeness (QED) is 0.826. The van der Waals surface area contributed by atoms with Crippen LogP contribution in [0.5, 0.6) is 0 Å². The zero-order valence-electron chi connectivity index (χ0n) is 13.6. The summed E-state index contributed by atoms with van der Waals surface area (Å²) in [5.74, 6) is 0.201. The predicted octanol–water partition coefficient (Wildman–Crippen LogP) is 3.10. The minimum absolute atomic E-state index is 0.0170. The van der Waals surface area contributed by atoms with E-state index in [1.54, 1.807) is 36.5 Å². The molecule has 6 heteroatoms. The van der Waals surface area contributed by atoms with E-state index in [2.05, 4.69) is 20.6 Å². The van der Waals surface area contributed by atoms with Crippen LogP contribution in [0.3, 0.4) is 0 Å². The molecule has 1 fully saturated rings. The maximum Gasteiger partial charge on any atom is 0.270 e. The summed E-state index contributed by atoms with van der Waals surface area (Å²) in [7, 11) is 0. The van der Waals surface area contributed by atoms with Crippen molar-refractivity contribution in [3.63, 3.8) is 0 Å². The van der Waals surface area contributed by atoms with E-state index in [0.717, 1.165) is 31.4 Å². The smallest absolute Gasteiger partial charge is 0.270 e. The van der Waals surface area contributed by atoms with Gasteiger partial charge in [0.05, 0.1) is 0 Å². The average Bonchev–Trinajstić information content (AvgIpc) is 3.08. The Bertz CT molecular complexity index is 737. The first kappa shape index (κ1) is 16.1. The molecule has 1 aromatic carbocycles. The zero-order valence-corrected chi connectivity index (χ0v) is 13.6. The molecule has 1 aliphatic rings. The number of nitrogens with zero attached hydrogens (tertiary/aromatic N) is 2. The summed E-state index contributed by atoms with van der Waals surface area (Å²) in [6.45, 7) is 1.53. The Kier molecular flexibility index (Phi) is 4.84. The van der Waals surface area contributed by atoms with Gasteiger partial charge in [0.25, 0.3) is 5.91 Å². The number of anilines is 2. The van der Waals surface area contributed by atoms with E-state index >= 15 is 0 Å². The maximum atomic E-state index is 12.3. The monoisotopic (exact) mass is 324 g/mol. The van der Waals surface area contributed by atoms with Gasteiger partial charge >= 0.3 is 0 Å². The second-order valence-corrected chi connectivity index (χ2v) is 5.98. The molecule has 3 rings (SSSR count). The summed E-state index contributed by atoms with van der Waals surface area (Å²) in [6.07, 6.45) is 5.95. The van der Waals surface area contributed by atoms with E-state index in [1.807, 2.05) is 0 Å². The van der Waals surface area contributed by atoms with Crippen LogP contribution in [-0.2, 0) is 0 Å². The first-order chi connectivity index (χ1) is 11.6. The Morgan fingerprint density at radius 2 is 1.79 bits per heavy atom. The Balaban J connectivity index is 1.68. The van der Waals surface area contributed by atoms with Gasteiger partial charge in [-0.1, -0.05) is 12.8 Å². The summed E-state index contributed by atoms with van der Waals surface area (Å²) in [5.41, 5.74) is 1.75. The van der Waals surface area contributed by atoms with Crippen molar-refractivity contribution in [2.75, 3.05) is 5.32 Å². The fourth-order valence-electron chi connectivity index (χ4n) is 2.79. The van der Waals surface area contributed by atoms with E-state index in [0.29, 0.717) is 17.2 Å². The number of ketones is 1. The van der Waals surface area contributed by atoms with Crippen molar-refractivity contribution in [1.82, 2.24) is 15.3 Å². The molecular weight excluding hydrogens is 304 g/mol. The number of Topliss-reactive ketones (excluding diaryl/α,β-unsaturated/α-hetero) is 1. The SMILES string of the molecule is CC(=O)c1ccc(Nc2nccc(C(=O)NC3CCCC3)n2)cc1. The molecule has 24 heavy (non-hydrogen) atoms. The van der Waals surface area contributed by atoms with E-state index < -0.39 is 0 Å². The van der Waals surface area contributed by atoms with Gasteiger partial charge in [-0.2, -0.15) is 0 Å². The van der Waals surface area contributed by atoms with E-state index in [1.165, 1.54) is 6.92 Å². The van der Waals surface area contributed by atoms with Gasteiger partial charge < -0.3 is 10.6 Å². The number of rotatable bonds is 5. The normalized spacial score (nSPS) is 14.4. The van der Waals surface area contributed by atoms with E-state index in [4.69, 9.17) is 0 Å². The summed E-state index contributed by atoms with van der Waals surface area (Å²) in [4.78, 5) is 31.9. The molecule has 0 saturated heterocycles. The number of hydrogen-bond donors (Lipinski definition) is 2. The third-order valence-electron chi connectivity index (χ3n) is 4.13. The number of carbonyl (C=O) groups excluding carboxylic acids is 2. The molecule has 6 nitrogen and oxygen atoms in total. The number of carbonyl (C=O) groups is 2. The third-order valence-corrected chi connectivity index (χ3v) is 4.13. The third kappa shape index (κ3) is 3.95. The number of nitrogens with one attached hydrogen (secondary N) is 2. The van der Waals surface area contributed by atoms with E-state index in [-0.39, 0.29) is 17.7 Å². The molecule has 2 N–H and O–H groups in total. The Morgan fingerprint density at radius 1 is 1.08 bits per heavy atom. The number of benzene rings is 1. The Morgan fingerprint density at radius 3 is 2.46 bits per heavy atom. The summed E-state index contributed by atoms with van der Waals surface area (Å²) < 4.78 is 0. The van der Waals surface area contributed by atoms with Crippen molar-refractivity contribution in [3.8, 4) is 0 Å². The van der Waals surface area contributed by atoms with Crippen molar-refractivity contribution in [3.05, 3.63) is 47.8 Å². The summed E-state index contributed by atoms with van der Waals surface area (Å²) >= 11 is 0.